The number of hydrogen-bond acceptors (Lipinski definition) is 4. The number of benzene rings is 1. The molecule has 0 unspecified atom stereocenters. The summed E-state index contributed by atoms with van der Waals surface area (Å²) >= 11 is 0. The van der Waals surface area contributed by atoms with Gasteiger partial charge in [-0.05, 0) is 31.5 Å². The van der Waals surface area contributed by atoms with Crippen molar-refractivity contribution in [3.8, 4) is 11.5 Å². The van der Waals surface area contributed by atoms with Gasteiger partial charge in [-0.1, -0.05) is 69.9 Å². The van der Waals surface area contributed by atoms with Crippen molar-refractivity contribution < 1.29 is 15.1 Å². The number of ether oxygens (including phenoxy) is 1. The molecule has 2 N–H and O–H groups in total. The van der Waals surface area contributed by atoms with Crippen LogP contribution in [0.3, 0.4) is 0 Å². The van der Waals surface area contributed by atoms with E-state index in [-0.39, 0.29) is 5.75 Å². The van der Waals surface area contributed by atoms with Gasteiger partial charge < -0.3 is 15.1 Å². The highest BCUT2D eigenvalue weighted by molar-refractivity contribution is 6.00. The van der Waals surface area contributed by atoms with E-state index in [1.54, 1.807) is 25.1 Å². The molecule has 0 radical (unpaired) electrons. The zero-order valence-corrected chi connectivity index (χ0v) is 15.3. The highest BCUT2D eigenvalue weighted by Crippen LogP contribution is 2.24. The fraction of sp³-hybridized carbons (Fsp3) is 0.650. The van der Waals surface area contributed by atoms with E-state index in [0.717, 1.165) is 6.42 Å². The molecule has 1 aromatic carbocycles. The van der Waals surface area contributed by atoms with Crippen LogP contribution in [0.2, 0.25) is 0 Å². The third-order valence-electron chi connectivity index (χ3n) is 4.27. The molecular weight excluding hydrogens is 302 g/mol. The van der Waals surface area contributed by atoms with Gasteiger partial charge in [-0.15, -0.1) is 0 Å². The smallest absolute Gasteiger partial charge is 0.125 e. The molecule has 0 bridgehead atoms. The van der Waals surface area contributed by atoms with Crippen molar-refractivity contribution in [2.45, 2.75) is 78.1 Å². The van der Waals surface area contributed by atoms with Gasteiger partial charge in [0.2, 0.25) is 0 Å². The van der Waals surface area contributed by atoms with E-state index < -0.39 is 0 Å². The predicted molar refractivity (Wildman–Crippen MR) is 99.4 cm³/mol. The number of nitrogens with zero attached hydrogens (tertiary/aromatic N) is 1. The molecule has 24 heavy (non-hydrogen) atoms. The summed E-state index contributed by atoms with van der Waals surface area (Å²) in [7, 11) is 0. The summed E-state index contributed by atoms with van der Waals surface area (Å²) in [5.74, 6) is 0.790. The van der Waals surface area contributed by atoms with Gasteiger partial charge in [-0.25, -0.2) is 0 Å². The second-order valence-corrected chi connectivity index (χ2v) is 6.39. The molecule has 0 aliphatic rings. The van der Waals surface area contributed by atoms with Crippen LogP contribution in [0, 0.1) is 0 Å². The topological polar surface area (TPSA) is 62.0 Å². The number of hydrogen-bond donors (Lipinski definition) is 2. The Hall–Kier alpha value is -1.71. The lowest BCUT2D eigenvalue weighted by Crippen LogP contribution is -2.00. The number of rotatable bonds is 13. The highest BCUT2D eigenvalue weighted by Gasteiger charge is 2.07. The van der Waals surface area contributed by atoms with Gasteiger partial charge >= 0.3 is 0 Å². The third kappa shape index (κ3) is 8.23. The lowest BCUT2D eigenvalue weighted by atomic mass is 10.1. The first-order chi connectivity index (χ1) is 11.7. The molecule has 0 saturated carbocycles. The molecule has 0 spiro atoms. The number of unbranched alkanes of at least 4 members (excludes halogenated alkanes) is 9. The van der Waals surface area contributed by atoms with Crippen LogP contribution >= 0.6 is 0 Å². The minimum atomic E-state index is 0.0941. The van der Waals surface area contributed by atoms with Gasteiger partial charge in [-0.2, -0.15) is 0 Å². The molecule has 0 aromatic heterocycles. The maximum absolute atomic E-state index is 9.75. The summed E-state index contributed by atoms with van der Waals surface area (Å²) < 4.78 is 5.72. The summed E-state index contributed by atoms with van der Waals surface area (Å²) in [6.07, 6.45) is 13.0. The number of phenols is 1. The molecule has 0 saturated heterocycles. The maximum atomic E-state index is 9.75. The molecule has 1 aromatic rings. The Bertz CT molecular complexity index is 486. The summed E-state index contributed by atoms with van der Waals surface area (Å²) in [5.41, 5.74) is 0.870. The van der Waals surface area contributed by atoms with E-state index in [1.807, 2.05) is 0 Å². The quantitative estimate of drug-likeness (QED) is 0.204. The summed E-state index contributed by atoms with van der Waals surface area (Å²) in [4.78, 5) is 0. The average Bonchev–Trinajstić information content (AvgIpc) is 2.60. The van der Waals surface area contributed by atoms with Crippen LogP contribution in [-0.4, -0.2) is 22.6 Å². The minimum Gasteiger partial charge on any atom is -0.507 e. The van der Waals surface area contributed by atoms with E-state index in [0.29, 0.717) is 23.6 Å². The second-order valence-electron chi connectivity index (χ2n) is 6.39. The Morgan fingerprint density at radius 1 is 0.958 bits per heavy atom. The predicted octanol–water partition coefficient (Wildman–Crippen LogP) is 5.89. The third-order valence-corrected chi connectivity index (χ3v) is 4.27. The number of oxime groups is 1. The van der Waals surface area contributed by atoms with Gasteiger partial charge in [0, 0.05) is 5.56 Å². The zero-order chi connectivity index (χ0) is 17.6. The van der Waals surface area contributed by atoms with Crippen LogP contribution in [0.5, 0.6) is 11.5 Å². The largest absolute Gasteiger partial charge is 0.507 e. The van der Waals surface area contributed by atoms with Crippen molar-refractivity contribution in [1.82, 2.24) is 0 Å². The van der Waals surface area contributed by atoms with Gasteiger partial charge in [0.1, 0.15) is 11.5 Å². The lowest BCUT2D eigenvalue weighted by molar-refractivity contribution is 0.303. The molecule has 0 heterocycles. The number of aromatic hydroxyl groups is 1. The molecule has 0 atom stereocenters. The molecule has 0 amide bonds. The van der Waals surface area contributed by atoms with Crippen molar-refractivity contribution in [1.29, 1.82) is 0 Å². The van der Waals surface area contributed by atoms with E-state index >= 15 is 0 Å². The molecule has 4 nitrogen and oxygen atoms in total. The number of phenolic OH excluding ortho intramolecular Hbond substituents is 1. The molecular formula is C20H33NO3. The molecule has 0 aliphatic heterocycles. The first-order valence-corrected chi connectivity index (χ1v) is 9.34. The molecule has 1 rings (SSSR count). The SMILES string of the molecule is CCCCCCCCCCCCOc1ccc(O)c(/C(C)=N\O)c1. The van der Waals surface area contributed by atoms with Crippen LogP contribution in [-0.2, 0) is 0 Å². The van der Waals surface area contributed by atoms with Crippen LogP contribution in [0.4, 0.5) is 0 Å². The first-order valence-electron chi connectivity index (χ1n) is 9.34. The van der Waals surface area contributed by atoms with E-state index in [2.05, 4.69) is 12.1 Å². The van der Waals surface area contributed by atoms with Gasteiger partial charge in [0.15, 0.2) is 0 Å². The Morgan fingerprint density at radius 3 is 2.12 bits per heavy atom. The Kier molecular flexibility index (Phi) is 10.7. The summed E-state index contributed by atoms with van der Waals surface area (Å²) in [6, 6.07) is 5.01. The normalized spacial score (nSPS) is 11.7. The highest BCUT2D eigenvalue weighted by atomic mass is 16.5. The first kappa shape index (κ1) is 20.3. The summed E-state index contributed by atoms with van der Waals surface area (Å²) in [6.45, 7) is 4.57. The molecule has 136 valence electrons. The van der Waals surface area contributed by atoms with E-state index in [1.165, 1.54) is 57.8 Å². The van der Waals surface area contributed by atoms with Crippen molar-refractivity contribution >= 4 is 5.71 Å². The van der Waals surface area contributed by atoms with Gasteiger partial charge in [0.05, 0.1) is 12.3 Å². The van der Waals surface area contributed by atoms with Crippen molar-refractivity contribution in [3.63, 3.8) is 0 Å². The summed E-state index contributed by atoms with van der Waals surface area (Å²) in [5, 5.41) is 21.7. The molecule has 0 fully saturated rings. The van der Waals surface area contributed by atoms with Crippen LogP contribution < -0.4 is 4.74 Å². The molecule has 0 aliphatic carbocycles. The molecule has 4 heteroatoms. The lowest BCUT2D eigenvalue weighted by Gasteiger charge is -2.09. The average molecular weight is 335 g/mol. The second kappa shape index (κ2) is 12.7. The van der Waals surface area contributed by atoms with Crippen molar-refractivity contribution in [2.75, 3.05) is 6.61 Å². The monoisotopic (exact) mass is 335 g/mol. The van der Waals surface area contributed by atoms with Gasteiger partial charge in [-0.3, -0.25) is 0 Å². The van der Waals surface area contributed by atoms with Crippen molar-refractivity contribution in [2.24, 2.45) is 5.16 Å². The van der Waals surface area contributed by atoms with E-state index in [4.69, 9.17) is 9.94 Å². The van der Waals surface area contributed by atoms with Gasteiger partial charge in [0.25, 0.3) is 0 Å². The Morgan fingerprint density at radius 2 is 1.54 bits per heavy atom. The minimum absolute atomic E-state index is 0.0941. The fourth-order valence-corrected chi connectivity index (χ4v) is 2.73. The van der Waals surface area contributed by atoms with E-state index in [9.17, 15) is 5.11 Å². The Labute approximate surface area is 146 Å². The zero-order valence-electron chi connectivity index (χ0n) is 15.3. The fourth-order valence-electron chi connectivity index (χ4n) is 2.73. The van der Waals surface area contributed by atoms with Crippen molar-refractivity contribution in [3.05, 3.63) is 23.8 Å². The Balaban J connectivity index is 2.11. The van der Waals surface area contributed by atoms with Crippen LogP contribution in [0.15, 0.2) is 23.4 Å². The maximum Gasteiger partial charge on any atom is 0.125 e. The standard InChI is InChI=1S/C20H33NO3/c1-3-4-5-6-7-8-9-10-11-12-15-24-18-13-14-20(22)19(16-18)17(2)21-23/h13-14,16,22-23H,3-12,15H2,1-2H3/b21-17-. The van der Waals surface area contributed by atoms with Crippen LogP contribution in [0.1, 0.15) is 83.6 Å². The van der Waals surface area contributed by atoms with Crippen LogP contribution in [0.25, 0.3) is 0 Å².